The molecule has 1 saturated carbocycles. The molecule has 1 aliphatic rings. The zero-order chi connectivity index (χ0) is 19.7. The molecule has 0 unspecified atom stereocenters. The Kier molecular flexibility index (Phi) is 9.26. The van der Waals surface area contributed by atoms with E-state index >= 15 is 0 Å². The average Bonchev–Trinajstić information content (AvgIpc) is 2.63. The fourth-order valence-electron chi connectivity index (χ4n) is 3.21. The molecule has 8 heteroatoms. The predicted molar refractivity (Wildman–Crippen MR) is 115 cm³/mol. The van der Waals surface area contributed by atoms with Gasteiger partial charge in [-0.1, -0.05) is 30.9 Å². The highest BCUT2D eigenvalue weighted by atomic mass is 35.5. The van der Waals surface area contributed by atoms with Crippen LogP contribution in [-0.2, 0) is 14.8 Å². The Morgan fingerprint density at radius 1 is 1.22 bits per heavy atom. The lowest BCUT2D eigenvalue weighted by atomic mass is 10.0. The quantitative estimate of drug-likeness (QED) is 0.566. The fraction of sp³-hybridized carbons (Fsp3) is 0.632. The summed E-state index contributed by atoms with van der Waals surface area (Å²) in [5.74, 6) is 0.917. The normalized spacial score (nSPS) is 15.5. The van der Waals surface area contributed by atoms with Gasteiger partial charge in [0, 0.05) is 35.5 Å². The highest BCUT2D eigenvalue weighted by Gasteiger charge is 2.17. The number of hydrogen-bond donors (Lipinski definition) is 1. The van der Waals surface area contributed by atoms with Crippen LogP contribution in [0.5, 0.6) is 0 Å². The van der Waals surface area contributed by atoms with Crippen molar-refractivity contribution in [3.8, 4) is 0 Å². The van der Waals surface area contributed by atoms with Gasteiger partial charge in [-0.05, 0) is 43.5 Å². The van der Waals surface area contributed by atoms with E-state index in [1.807, 2.05) is 11.8 Å². The van der Waals surface area contributed by atoms with E-state index in [0.717, 1.165) is 11.0 Å². The fourth-order valence-corrected chi connectivity index (χ4v) is 5.52. The van der Waals surface area contributed by atoms with Gasteiger partial charge in [0.2, 0.25) is 15.9 Å². The van der Waals surface area contributed by atoms with Crippen LogP contribution in [0.2, 0.25) is 5.02 Å². The van der Waals surface area contributed by atoms with Crippen LogP contribution in [0.25, 0.3) is 0 Å². The lowest BCUT2D eigenvalue weighted by Crippen LogP contribution is -2.32. The van der Waals surface area contributed by atoms with Gasteiger partial charge in [0.1, 0.15) is 0 Å². The number of amides is 1. The second kappa shape index (κ2) is 11.2. The van der Waals surface area contributed by atoms with E-state index in [1.165, 1.54) is 42.7 Å². The minimum Gasteiger partial charge on any atom is -0.355 e. The molecule has 0 atom stereocenters. The van der Waals surface area contributed by atoms with Gasteiger partial charge >= 0.3 is 0 Å². The van der Waals surface area contributed by atoms with Crippen LogP contribution in [0.4, 0.5) is 5.69 Å². The maximum Gasteiger partial charge on any atom is 0.232 e. The van der Waals surface area contributed by atoms with Gasteiger partial charge in [0.25, 0.3) is 0 Å². The van der Waals surface area contributed by atoms with Crippen molar-refractivity contribution in [3.63, 3.8) is 0 Å². The van der Waals surface area contributed by atoms with E-state index < -0.39 is 10.0 Å². The summed E-state index contributed by atoms with van der Waals surface area (Å²) in [6, 6.07) is 6.66. The average molecular weight is 433 g/mol. The first kappa shape index (κ1) is 22.4. The molecule has 0 aromatic heterocycles. The van der Waals surface area contributed by atoms with Crippen molar-refractivity contribution >= 4 is 45.0 Å². The summed E-state index contributed by atoms with van der Waals surface area (Å²) in [6.45, 7) is 0.942. The Labute approximate surface area is 172 Å². The van der Waals surface area contributed by atoms with Gasteiger partial charge in [0.15, 0.2) is 0 Å². The number of rotatable bonds is 10. The Balaban J connectivity index is 1.69. The number of hydrogen-bond acceptors (Lipinski definition) is 4. The van der Waals surface area contributed by atoms with Crippen LogP contribution in [0.15, 0.2) is 24.3 Å². The van der Waals surface area contributed by atoms with Crippen molar-refractivity contribution in [1.29, 1.82) is 0 Å². The molecule has 1 amide bonds. The number of halogens is 1. The molecule has 27 heavy (non-hydrogen) atoms. The second-order valence-electron chi connectivity index (χ2n) is 6.90. The molecule has 0 bridgehead atoms. The van der Waals surface area contributed by atoms with Crippen LogP contribution in [0.1, 0.15) is 44.9 Å². The Bertz CT molecular complexity index is 689. The third-order valence-corrected chi connectivity index (χ3v) is 7.44. The third kappa shape index (κ3) is 8.32. The van der Waals surface area contributed by atoms with Crippen molar-refractivity contribution < 1.29 is 13.2 Å². The standard InChI is InChI=1S/C19H29ClN2O3S2/c1-27(24,25)22(17-11-9-16(20)10-12-17)14-5-8-19(23)21-13-15-26-18-6-3-2-4-7-18/h9-12,18H,2-8,13-15H2,1H3,(H,21,23). The molecule has 1 N–H and O–H groups in total. The van der Waals surface area contributed by atoms with Crippen molar-refractivity contribution in [2.24, 2.45) is 0 Å². The van der Waals surface area contributed by atoms with Crippen molar-refractivity contribution in [3.05, 3.63) is 29.3 Å². The molecule has 0 saturated heterocycles. The summed E-state index contributed by atoms with van der Waals surface area (Å²) in [6.07, 6.45) is 8.56. The Morgan fingerprint density at radius 2 is 1.89 bits per heavy atom. The van der Waals surface area contributed by atoms with Crippen LogP contribution >= 0.6 is 23.4 Å². The molecule has 1 aromatic rings. The van der Waals surface area contributed by atoms with Crippen molar-refractivity contribution in [2.75, 3.05) is 29.4 Å². The second-order valence-corrected chi connectivity index (χ2v) is 10.6. The monoisotopic (exact) mass is 432 g/mol. The number of nitrogens with one attached hydrogen (secondary N) is 1. The zero-order valence-electron chi connectivity index (χ0n) is 15.8. The van der Waals surface area contributed by atoms with Gasteiger partial charge in [-0.25, -0.2) is 8.42 Å². The SMILES string of the molecule is CS(=O)(=O)N(CCCC(=O)NCCSC1CCCCC1)c1ccc(Cl)cc1. The van der Waals surface area contributed by atoms with E-state index in [-0.39, 0.29) is 12.5 Å². The molecule has 0 aliphatic heterocycles. The number of sulfonamides is 1. The topological polar surface area (TPSA) is 66.5 Å². The Hall–Kier alpha value is -0.920. The maximum absolute atomic E-state index is 12.0. The number of thioether (sulfide) groups is 1. The largest absolute Gasteiger partial charge is 0.355 e. The lowest BCUT2D eigenvalue weighted by Gasteiger charge is -2.22. The van der Waals surface area contributed by atoms with Crippen LogP contribution in [-0.4, -0.2) is 44.7 Å². The van der Waals surface area contributed by atoms with E-state index in [1.54, 1.807) is 24.3 Å². The van der Waals surface area contributed by atoms with E-state index in [4.69, 9.17) is 11.6 Å². The summed E-state index contributed by atoms with van der Waals surface area (Å²) in [5.41, 5.74) is 0.561. The number of benzene rings is 1. The highest BCUT2D eigenvalue weighted by Crippen LogP contribution is 2.27. The molecule has 2 rings (SSSR count). The molecule has 0 spiro atoms. The number of anilines is 1. The lowest BCUT2D eigenvalue weighted by molar-refractivity contribution is -0.121. The van der Waals surface area contributed by atoms with Gasteiger partial charge in [-0.2, -0.15) is 11.8 Å². The number of carbonyl (C=O) groups excluding carboxylic acids is 1. The molecule has 152 valence electrons. The minimum absolute atomic E-state index is 0.0243. The molecular weight excluding hydrogens is 404 g/mol. The summed E-state index contributed by atoms with van der Waals surface area (Å²) in [4.78, 5) is 12.0. The molecule has 1 aliphatic carbocycles. The molecule has 1 fully saturated rings. The number of nitrogens with zero attached hydrogens (tertiary/aromatic N) is 1. The van der Waals surface area contributed by atoms with Crippen molar-refractivity contribution in [1.82, 2.24) is 5.32 Å². The first-order chi connectivity index (χ1) is 12.9. The zero-order valence-corrected chi connectivity index (χ0v) is 18.2. The predicted octanol–water partition coefficient (Wildman–Crippen LogP) is 4.07. The summed E-state index contributed by atoms with van der Waals surface area (Å²) in [7, 11) is -3.41. The third-order valence-electron chi connectivity index (χ3n) is 4.61. The summed E-state index contributed by atoms with van der Waals surface area (Å²) >= 11 is 7.82. The van der Waals surface area contributed by atoms with Gasteiger partial charge in [-0.15, -0.1) is 0 Å². The molecule has 0 heterocycles. The molecule has 0 radical (unpaired) electrons. The van der Waals surface area contributed by atoms with Gasteiger partial charge in [0.05, 0.1) is 11.9 Å². The van der Waals surface area contributed by atoms with Gasteiger partial charge < -0.3 is 5.32 Å². The molecular formula is C19H29ClN2O3S2. The van der Waals surface area contributed by atoms with E-state index in [2.05, 4.69) is 5.32 Å². The van der Waals surface area contributed by atoms with Gasteiger partial charge in [-0.3, -0.25) is 9.10 Å². The highest BCUT2D eigenvalue weighted by molar-refractivity contribution is 7.99. The van der Waals surface area contributed by atoms with Crippen LogP contribution < -0.4 is 9.62 Å². The van der Waals surface area contributed by atoms with Crippen LogP contribution in [0.3, 0.4) is 0 Å². The first-order valence-electron chi connectivity index (χ1n) is 9.48. The smallest absolute Gasteiger partial charge is 0.232 e. The van der Waals surface area contributed by atoms with Crippen LogP contribution in [0, 0.1) is 0 Å². The van der Waals surface area contributed by atoms with E-state index in [9.17, 15) is 13.2 Å². The minimum atomic E-state index is -3.41. The molecule has 1 aromatic carbocycles. The summed E-state index contributed by atoms with van der Waals surface area (Å²) in [5, 5.41) is 4.24. The van der Waals surface area contributed by atoms with Crippen molar-refractivity contribution in [2.45, 2.75) is 50.2 Å². The maximum atomic E-state index is 12.0. The first-order valence-corrected chi connectivity index (χ1v) is 12.8. The number of carbonyl (C=O) groups is 1. The summed E-state index contributed by atoms with van der Waals surface area (Å²) < 4.78 is 25.4. The van der Waals surface area contributed by atoms with E-state index in [0.29, 0.717) is 30.1 Å². The molecule has 5 nitrogen and oxygen atoms in total. The Morgan fingerprint density at radius 3 is 2.52 bits per heavy atom.